The summed E-state index contributed by atoms with van der Waals surface area (Å²) in [5, 5.41) is 7.30. The van der Waals surface area contributed by atoms with E-state index in [1.165, 1.54) is 12.8 Å². The Hall–Kier alpha value is -0.860. The zero-order valence-corrected chi connectivity index (χ0v) is 13.9. The van der Waals surface area contributed by atoms with Crippen LogP contribution in [0.4, 0.5) is 0 Å². The van der Waals surface area contributed by atoms with Crippen molar-refractivity contribution in [3.63, 3.8) is 0 Å². The molecule has 7 heteroatoms. The summed E-state index contributed by atoms with van der Waals surface area (Å²) >= 11 is 0. The molecule has 0 aromatic carbocycles. The molecule has 104 valence electrons. The standard InChI is InChI=1S/C11H22N6.HI/c1-5-6-7-16(3)11(12-2)13-8-10-14-9-15-17(10)4;/h9H,5-8H2,1-4H3,(H,12,13);1H. The first kappa shape index (κ1) is 17.1. The molecule has 0 aliphatic rings. The average molecular weight is 366 g/mol. The molecule has 0 aliphatic carbocycles. The van der Waals surface area contributed by atoms with Gasteiger partial charge >= 0.3 is 0 Å². The van der Waals surface area contributed by atoms with E-state index in [4.69, 9.17) is 0 Å². The molecular formula is C11H23IN6. The summed E-state index contributed by atoms with van der Waals surface area (Å²) < 4.78 is 1.76. The zero-order valence-electron chi connectivity index (χ0n) is 11.6. The first-order valence-electron chi connectivity index (χ1n) is 5.93. The monoisotopic (exact) mass is 366 g/mol. The first-order chi connectivity index (χ1) is 8.19. The number of hydrogen-bond donors (Lipinski definition) is 1. The molecule has 1 rings (SSSR count). The molecule has 1 aromatic rings. The van der Waals surface area contributed by atoms with Gasteiger partial charge in [0.25, 0.3) is 0 Å². The predicted molar refractivity (Wildman–Crippen MR) is 84.2 cm³/mol. The Morgan fingerprint density at radius 3 is 2.78 bits per heavy atom. The van der Waals surface area contributed by atoms with Crippen molar-refractivity contribution >= 4 is 29.9 Å². The largest absolute Gasteiger partial charge is 0.349 e. The zero-order chi connectivity index (χ0) is 12.7. The Morgan fingerprint density at radius 1 is 1.56 bits per heavy atom. The number of hydrogen-bond acceptors (Lipinski definition) is 3. The normalized spacial score (nSPS) is 11.0. The number of halogens is 1. The van der Waals surface area contributed by atoms with Gasteiger partial charge in [0.05, 0.1) is 6.54 Å². The minimum atomic E-state index is 0. The van der Waals surface area contributed by atoms with E-state index in [0.29, 0.717) is 6.54 Å². The Labute approximate surface area is 126 Å². The maximum atomic E-state index is 4.24. The second-order valence-electron chi connectivity index (χ2n) is 3.98. The molecule has 0 spiro atoms. The van der Waals surface area contributed by atoms with Crippen LogP contribution in [0.15, 0.2) is 11.3 Å². The quantitative estimate of drug-likeness (QED) is 0.484. The summed E-state index contributed by atoms with van der Waals surface area (Å²) in [5.41, 5.74) is 0. The number of nitrogens with one attached hydrogen (secondary N) is 1. The minimum absolute atomic E-state index is 0. The second kappa shape index (κ2) is 9.12. The highest BCUT2D eigenvalue weighted by atomic mass is 127. The van der Waals surface area contributed by atoms with Gasteiger partial charge in [-0.1, -0.05) is 13.3 Å². The van der Waals surface area contributed by atoms with Gasteiger partial charge in [-0.05, 0) is 6.42 Å². The number of unbranched alkanes of at least 4 members (excludes halogenated alkanes) is 1. The third-order valence-corrected chi connectivity index (χ3v) is 2.63. The summed E-state index contributed by atoms with van der Waals surface area (Å²) in [6.07, 6.45) is 3.91. The molecule has 18 heavy (non-hydrogen) atoms. The van der Waals surface area contributed by atoms with Crippen LogP contribution in [0.2, 0.25) is 0 Å². The van der Waals surface area contributed by atoms with Crippen LogP contribution in [0.3, 0.4) is 0 Å². The van der Waals surface area contributed by atoms with E-state index in [2.05, 4.69) is 32.2 Å². The predicted octanol–water partition coefficient (Wildman–Crippen LogP) is 1.24. The maximum absolute atomic E-state index is 4.24. The minimum Gasteiger partial charge on any atom is -0.349 e. The highest BCUT2D eigenvalue weighted by Gasteiger charge is 2.06. The van der Waals surface area contributed by atoms with Crippen molar-refractivity contribution in [1.82, 2.24) is 25.0 Å². The van der Waals surface area contributed by atoms with Crippen LogP contribution in [-0.4, -0.2) is 46.3 Å². The molecule has 0 unspecified atom stereocenters. The van der Waals surface area contributed by atoms with Gasteiger partial charge in [0.15, 0.2) is 5.96 Å². The molecular weight excluding hydrogens is 343 g/mol. The van der Waals surface area contributed by atoms with Gasteiger partial charge in [-0.2, -0.15) is 5.10 Å². The molecule has 0 radical (unpaired) electrons. The van der Waals surface area contributed by atoms with E-state index in [1.54, 1.807) is 18.1 Å². The summed E-state index contributed by atoms with van der Waals surface area (Å²) in [5.74, 6) is 1.79. The lowest BCUT2D eigenvalue weighted by Gasteiger charge is -2.21. The number of nitrogens with zero attached hydrogens (tertiary/aromatic N) is 5. The van der Waals surface area contributed by atoms with Crippen LogP contribution in [0.25, 0.3) is 0 Å². The highest BCUT2D eigenvalue weighted by Crippen LogP contribution is 1.95. The topological polar surface area (TPSA) is 58.3 Å². The van der Waals surface area contributed by atoms with E-state index in [0.717, 1.165) is 18.3 Å². The van der Waals surface area contributed by atoms with Gasteiger partial charge < -0.3 is 10.2 Å². The fourth-order valence-corrected chi connectivity index (χ4v) is 1.52. The number of rotatable bonds is 5. The van der Waals surface area contributed by atoms with Crippen molar-refractivity contribution in [3.8, 4) is 0 Å². The van der Waals surface area contributed by atoms with E-state index >= 15 is 0 Å². The Morgan fingerprint density at radius 2 is 2.28 bits per heavy atom. The fourth-order valence-electron chi connectivity index (χ4n) is 1.52. The number of aromatic nitrogens is 3. The highest BCUT2D eigenvalue weighted by molar-refractivity contribution is 14.0. The van der Waals surface area contributed by atoms with Crippen LogP contribution in [0.5, 0.6) is 0 Å². The smallest absolute Gasteiger partial charge is 0.193 e. The molecule has 0 saturated heterocycles. The summed E-state index contributed by atoms with van der Waals surface area (Å²) in [6.45, 7) is 3.83. The maximum Gasteiger partial charge on any atom is 0.193 e. The molecule has 0 saturated carbocycles. The van der Waals surface area contributed by atoms with Crippen molar-refractivity contribution in [2.75, 3.05) is 20.6 Å². The summed E-state index contributed by atoms with van der Waals surface area (Å²) in [6, 6.07) is 0. The van der Waals surface area contributed by atoms with Gasteiger partial charge in [-0.15, -0.1) is 24.0 Å². The van der Waals surface area contributed by atoms with Gasteiger partial charge in [0, 0.05) is 27.7 Å². The van der Waals surface area contributed by atoms with Crippen LogP contribution in [-0.2, 0) is 13.6 Å². The van der Waals surface area contributed by atoms with Crippen molar-refractivity contribution in [1.29, 1.82) is 0 Å². The summed E-state index contributed by atoms with van der Waals surface area (Å²) in [7, 11) is 5.72. The van der Waals surface area contributed by atoms with Gasteiger partial charge in [-0.3, -0.25) is 9.67 Å². The lowest BCUT2D eigenvalue weighted by atomic mass is 10.3. The Bertz CT molecular complexity index is 362. The van der Waals surface area contributed by atoms with Crippen molar-refractivity contribution < 1.29 is 0 Å². The van der Waals surface area contributed by atoms with E-state index < -0.39 is 0 Å². The molecule has 0 atom stereocenters. The number of aliphatic imine (C=N–C) groups is 1. The van der Waals surface area contributed by atoms with E-state index in [1.807, 2.05) is 14.1 Å². The third-order valence-electron chi connectivity index (χ3n) is 2.63. The fraction of sp³-hybridized carbons (Fsp3) is 0.727. The number of aryl methyl sites for hydroxylation is 1. The molecule has 1 N–H and O–H groups in total. The van der Waals surface area contributed by atoms with Crippen molar-refractivity contribution in [2.24, 2.45) is 12.0 Å². The lowest BCUT2D eigenvalue weighted by Crippen LogP contribution is -2.39. The van der Waals surface area contributed by atoms with Crippen LogP contribution >= 0.6 is 24.0 Å². The Balaban J connectivity index is 0.00000289. The summed E-state index contributed by atoms with van der Waals surface area (Å²) in [4.78, 5) is 10.5. The second-order valence-corrected chi connectivity index (χ2v) is 3.98. The van der Waals surface area contributed by atoms with Crippen LogP contribution < -0.4 is 5.32 Å². The van der Waals surface area contributed by atoms with E-state index in [9.17, 15) is 0 Å². The van der Waals surface area contributed by atoms with Gasteiger partial charge in [-0.25, -0.2) is 4.98 Å². The van der Waals surface area contributed by atoms with Gasteiger partial charge in [0.2, 0.25) is 0 Å². The molecule has 0 fully saturated rings. The van der Waals surface area contributed by atoms with Gasteiger partial charge in [0.1, 0.15) is 12.2 Å². The molecule has 0 bridgehead atoms. The third kappa shape index (κ3) is 5.19. The Kier molecular flexibility index (Phi) is 8.69. The number of guanidine groups is 1. The lowest BCUT2D eigenvalue weighted by molar-refractivity contribution is 0.462. The molecule has 1 heterocycles. The van der Waals surface area contributed by atoms with E-state index in [-0.39, 0.29) is 24.0 Å². The SMILES string of the molecule is CCCCN(C)C(=NC)NCc1ncnn1C.I. The van der Waals surface area contributed by atoms with Crippen LogP contribution in [0.1, 0.15) is 25.6 Å². The van der Waals surface area contributed by atoms with Crippen LogP contribution in [0, 0.1) is 0 Å². The molecule has 6 nitrogen and oxygen atoms in total. The molecule has 0 amide bonds. The van der Waals surface area contributed by atoms with Crippen molar-refractivity contribution in [2.45, 2.75) is 26.3 Å². The average Bonchev–Trinajstić information content (AvgIpc) is 2.73. The molecule has 0 aliphatic heterocycles. The first-order valence-corrected chi connectivity index (χ1v) is 5.93. The molecule has 1 aromatic heterocycles. The van der Waals surface area contributed by atoms with Crippen molar-refractivity contribution in [3.05, 3.63) is 12.2 Å².